The van der Waals surface area contributed by atoms with E-state index in [9.17, 15) is 18.4 Å². The Labute approximate surface area is 86.7 Å². The molecule has 6 heteroatoms. The highest BCUT2D eigenvalue weighted by Crippen LogP contribution is 2.30. The van der Waals surface area contributed by atoms with Gasteiger partial charge in [-0.15, -0.1) is 0 Å². The van der Waals surface area contributed by atoms with Crippen LogP contribution in [0.25, 0.3) is 0 Å². The lowest BCUT2D eigenvalue weighted by atomic mass is 9.86. The molecule has 0 saturated carbocycles. The van der Waals surface area contributed by atoms with Crippen molar-refractivity contribution in [2.24, 2.45) is 5.41 Å². The zero-order valence-corrected chi connectivity index (χ0v) is 8.88. The standard InChI is InChI=1S/C9H15F2NO3/c1-5(13)12-6(7(14)15)4-9(2,3)8(10)11/h6,8H,4H2,1-3H3,(H,12,13)(H,14,15)/t6-/m0/s1. The van der Waals surface area contributed by atoms with Gasteiger partial charge in [-0.2, -0.15) is 0 Å². The summed E-state index contributed by atoms with van der Waals surface area (Å²) < 4.78 is 24.9. The predicted octanol–water partition coefficient (Wildman–Crippen LogP) is 1.26. The molecule has 0 aromatic heterocycles. The topological polar surface area (TPSA) is 66.4 Å². The summed E-state index contributed by atoms with van der Waals surface area (Å²) in [5.41, 5.74) is -1.44. The molecule has 0 radical (unpaired) electrons. The molecule has 0 aromatic rings. The van der Waals surface area contributed by atoms with Crippen molar-refractivity contribution in [1.82, 2.24) is 5.32 Å². The van der Waals surface area contributed by atoms with Crippen molar-refractivity contribution in [3.05, 3.63) is 0 Å². The molecule has 1 atom stereocenters. The minimum atomic E-state index is -2.63. The summed E-state index contributed by atoms with van der Waals surface area (Å²) in [7, 11) is 0. The lowest BCUT2D eigenvalue weighted by Crippen LogP contribution is -2.44. The fourth-order valence-electron chi connectivity index (χ4n) is 1.06. The molecule has 0 aliphatic heterocycles. The van der Waals surface area contributed by atoms with Gasteiger partial charge in [0.25, 0.3) is 0 Å². The first-order valence-electron chi connectivity index (χ1n) is 4.45. The van der Waals surface area contributed by atoms with Gasteiger partial charge in [0, 0.05) is 12.3 Å². The SMILES string of the molecule is CC(=O)N[C@@H](CC(C)(C)C(F)F)C(=O)O. The Bertz CT molecular complexity index is 254. The second kappa shape index (κ2) is 5.04. The summed E-state index contributed by atoms with van der Waals surface area (Å²) in [6, 6.07) is -1.27. The van der Waals surface area contributed by atoms with E-state index < -0.39 is 29.8 Å². The average Bonchev–Trinajstić information content (AvgIpc) is 2.01. The minimum absolute atomic E-state index is 0.306. The van der Waals surface area contributed by atoms with Crippen molar-refractivity contribution in [3.63, 3.8) is 0 Å². The number of hydrogen-bond acceptors (Lipinski definition) is 2. The molecule has 0 spiro atoms. The Balaban J connectivity index is 4.54. The number of rotatable bonds is 5. The number of nitrogens with one attached hydrogen (secondary N) is 1. The predicted molar refractivity (Wildman–Crippen MR) is 49.6 cm³/mol. The van der Waals surface area contributed by atoms with E-state index in [2.05, 4.69) is 5.32 Å². The Hall–Kier alpha value is -1.20. The lowest BCUT2D eigenvalue weighted by molar-refractivity contribution is -0.143. The first-order valence-corrected chi connectivity index (χ1v) is 4.45. The van der Waals surface area contributed by atoms with Crippen LogP contribution in [0.3, 0.4) is 0 Å². The van der Waals surface area contributed by atoms with Gasteiger partial charge >= 0.3 is 5.97 Å². The number of carboxylic acid groups (broad SMARTS) is 1. The Kier molecular flexibility index (Phi) is 4.64. The van der Waals surface area contributed by atoms with Crippen LogP contribution in [0.2, 0.25) is 0 Å². The van der Waals surface area contributed by atoms with Crippen molar-refractivity contribution in [3.8, 4) is 0 Å². The molecule has 0 saturated heterocycles. The third-order valence-electron chi connectivity index (χ3n) is 2.00. The van der Waals surface area contributed by atoms with Crippen LogP contribution < -0.4 is 5.32 Å². The molecule has 2 N–H and O–H groups in total. The van der Waals surface area contributed by atoms with Crippen LogP contribution in [-0.4, -0.2) is 29.5 Å². The number of hydrogen-bond donors (Lipinski definition) is 2. The van der Waals surface area contributed by atoms with Crippen LogP contribution in [0.15, 0.2) is 0 Å². The van der Waals surface area contributed by atoms with Crippen LogP contribution in [0, 0.1) is 5.41 Å². The highest BCUT2D eigenvalue weighted by atomic mass is 19.3. The Morgan fingerprint density at radius 2 is 1.87 bits per heavy atom. The van der Waals surface area contributed by atoms with Gasteiger partial charge in [-0.1, -0.05) is 13.8 Å². The lowest BCUT2D eigenvalue weighted by Gasteiger charge is -2.27. The molecular formula is C9H15F2NO3. The minimum Gasteiger partial charge on any atom is -0.480 e. The summed E-state index contributed by atoms with van der Waals surface area (Å²) in [5.74, 6) is -1.86. The van der Waals surface area contributed by atoms with E-state index in [1.807, 2.05) is 0 Å². The molecular weight excluding hydrogens is 208 g/mol. The maximum Gasteiger partial charge on any atom is 0.326 e. The molecule has 0 unspecified atom stereocenters. The van der Waals surface area contributed by atoms with Gasteiger partial charge < -0.3 is 10.4 Å². The number of aliphatic carboxylic acids is 1. The fraction of sp³-hybridized carbons (Fsp3) is 0.778. The summed E-state index contributed by atoms with van der Waals surface area (Å²) in [5, 5.41) is 10.8. The van der Waals surface area contributed by atoms with Crippen molar-refractivity contribution in [2.75, 3.05) is 0 Å². The number of amides is 1. The van der Waals surface area contributed by atoms with Crippen LogP contribution >= 0.6 is 0 Å². The fourth-order valence-corrected chi connectivity index (χ4v) is 1.06. The van der Waals surface area contributed by atoms with Crippen LogP contribution in [-0.2, 0) is 9.59 Å². The summed E-state index contributed by atoms with van der Waals surface area (Å²) >= 11 is 0. The first kappa shape index (κ1) is 13.8. The number of halogens is 2. The molecule has 0 aliphatic carbocycles. The summed E-state index contributed by atoms with van der Waals surface area (Å²) in [6.07, 6.45) is -2.94. The van der Waals surface area contributed by atoms with Gasteiger partial charge in [-0.05, 0) is 6.42 Å². The first-order chi connectivity index (χ1) is 6.66. The molecule has 1 amide bonds. The van der Waals surface area contributed by atoms with E-state index in [0.29, 0.717) is 0 Å². The molecule has 0 rings (SSSR count). The highest BCUT2D eigenvalue weighted by Gasteiger charge is 2.35. The van der Waals surface area contributed by atoms with E-state index in [1.165, 1.54) is 13.8 Å². The molecule has 0 bridgehead atoms. The zero-order chi connectivity index (χ0) is 12.2. The van der Waals surface area contributed by atoms with Crippen LogP contribution in [0.1, 0.15) is 27.2 Å². The second-order valence-electron chi connectivity index (χ2n) is 4.08. The van der Waals surface area contributed by atoms with Crippen molar-refractivity contribution >= 4 is 11.9 Å². The third kappa shape index (κ3) is 4.71. The molecule has 0 heterocycles. The van der Waals surface area contributed by atoms with E-state index >= 15 is 0 Å². The molecule has 88 valence electrons. The Morgan fingerprint density at radius 3 is 2.13 bits per heavy atom. The van der Waals surface area contributed by atoms with E-state index in [-0.39, 0.29) is 6.42 Å². The van der Waals surface area contributed by atoms with E-state index in [0.717, 1.165) is 6.92 Å². The highest BCUT2D eigenvalue weighted by molar-refractivity contribution is 5.82. The average molecular weight is 223 g/mol. The maximum absolute atomic E-state index is 12.5. The number of carbonyl (C=O) groups excluding carboxylic acids is 1. The summed E-state index contributed by atoms with van der Waals surface area (Å²) in [4.78, 5) is 21.3. The molecule has 0 aromatic carbocycles. The number of carboxylic acids is 1. The van der Waals surface area contributed by atoms with E-state index in [1.54, 1.807) is 0 Å². The van der Waals surface area contributed by atoms with Crippen molar-refractivity contribution in [1.29, 1.82) is 0 Å². The summed E-state index contributed by atoms with van der Waals surface area (Å²) in [6.45, 7) is 3.66. The van der Waals surface area contributed by atoms with Gasteiger partial charge in [0.05, 0.1) is 0 Å². The maximum atomic E-state index is 12.5. The van der Waals surface area contributed by atoms with Gasteiger partial charge in [-0.3, -0.25) is 4.79 Å². The smallest absolute Gasteiger partial charge is 0.326 e. The molecule has 15 heavy (non-hydrogen) atoms. The normalized spacial score (nSPS) is 13.7. The quantitative estimate of drug-likeness (QED) is 0.737. The monoisotopic (exact) mass is 223 g/mol. The van der Waals surface area contributed by atoms with Crippen LogP contribution in [0.4, 0.5) is 8.78 Å². The van der Waals surface area contributed by atoms with Gasteiger partial charge in [0.1, 0.15) is 6.04 Å². The van der Waals surface area contributed by atoms with Crippen LogP contribution in [0.5, 0.6) is 0 Å². The zero-order valence-electron chi connectivity index (χ0n) is 8.88. The molecule has 0 aliphatic rings. The number of carbonyl (C=O) groups is 2. The largest absolute Gasteiger partial charge is 0.480 e. The van der Waals surface area contributed by atoms with Gasteiger partial charge in [0.2, 0.25) is 12.3 Å². The van der Waals surface area contributed by atoms with Crippen molar-refractivity contribution < 1.29 is 23.5 Å². The van der Waals surface area contributed by atoms with E-state index in [4.69, 9.17) is 5.11 Å². The third-order valence-corrected chi connectivity index (χ3v) is 2.00. The van der Waals surface area contributed by atoms with Crippen molar-refractivity contribution in [2.45, 2.75) is 39.7 Å². The van der Waals surface area contributed by atoms with Gasteiger partial charge in [-0.25, -0.2) is 13.6 Å². The number of alkyl halides is 2. The molecule has 4 nitrogen and oxygen atoms in total. The molecule has 0 fully saturated rings. The van der Waals surface area contributed by atoms with Gasteiger partial charge in [0.15, 0.2) is 0 Å². The Morgan fingerprint density at radius 1 is 1.40 bits per heavy atom. The second-order valence-corrected chi connectivity index (χ2v) is 4.08.